The van der Waals surface area contributed by atoms with Crippen molar-refractivity contribution in [2.24, 2.45) is 5.10 Å². The number of aromatic nitrogens is 4. The summed E-state index contributed by atoms with van der Waals surface area (Å²) in [6, 6.07) is 9.23. The predicted molar refractivity (Wildman–Crippen MR) is 107 cm³/mol. The van der Waals surface area contributed by atoms with Crippen LogP contribution in [-0.4, -0.2) is 31.2 Å². The van der Waals surface area contributed by atoms with Gasteiger partial charge in [0.2, 0.25) is 10.6 Å². The maximum Gasteiger partial charge on any atom is 0.216 e. The first-order valence-electron chi connectivity index (χ1n) is 6.37. The van der Waals surface area contributed by atoms with Crippen LogP contribution in [0.4, 0.5) is 0 Å². The molecule has 0 atom stereocenters. The lowest BCUT2D eigenvalue weighted by Crippen LogP contribution is -1.97. The number of H-pyrrole nitrogens is 1. The van der Waals surface area contributed by atoms with Gasteiger partial charge < -0.3 is 5.11 Å². The molecule has 0 saturated carbocycles. The Morgan fingerprint density at radius 3 is 2.87 bits per heavy atom. The summed E-state index contributed by atoms with van der Waals surface area (Å²) in [5.41, 5.74) is 1.26. The van der Waals surface area contributed by atoms with Crippen LogP contribution < -0.4 is 0 Å². The van der Waals surface area contributed by atoms with Crippen LogP contribution in [0.1, 0.15) is 5.56 Å². The topological polar surface area (TPSA) is 79.1 Å². The molecular weight excluding hydrogens is 540 g/mol. The van der Waals surface area contributed by atoms with Gasteiger partial charge in [0.15, 0.2) is 0 Å². The van der Waals surface area contributed by atoms with Crippen molar-refractivity contribution in [1.82, 2.24) is 19.9 Å². The van der Waals surface area contributed by atoms with Gasteiger partial charge in [-0.1, -0.05) is 6.07 Å². The molecule has 3 aromatic rings. The Kier molecular flexibility index (Phi) is 5.06. The number of halogens is 2. The van der Waals surface area contributed by atoms with Crippen LogP contribution >= 0.6 is 57.4 Å². The third-order valence-electron chi connectivity index (χ3n) is 2.91. The van der Waals surface area contributed by atoms with Gasteiger partial charge in [-0.25, -0.2) is 5.10 Å². The number of nitrogens with zero attached hydrogens (tertiary/aromatic N) is 4. The number of benzene rings is 1. The molecule has 2 aromatic heterocycles. The van der Waals surface area contributed by atoms with E-state index in [0.29, 0.717) is 21.9 Å². The molecule has 0 fully saturated rings. The molecule has 3 rings (SSSR count). The van der Waals surface area contributed by atoms with Crippen molar-refractivity contribution in [2.75, 3.05) is 0 Å². The number of hydrogen-bond donors (Lipinski definition) is 2. The van der Waals surface area contributed by atoms with Crippen LogP contribution in [0.25, 0.3) is 11.5 Å². The minimum atomic E-state index is 0.184. The van der Waals surface area contributed by atoms with E-state index < -0.39 is 0 Å². The number of phenolic OH excluding ortho intramolecular Hbond substituents is 1. The average molecular weight is 549 g/mol. The molecule has 0 bridgehead atoms. The molecule has 0 amide bonds. The predicted octanol–water partition coefficient (Wildman–Crippen LogP) is 3.80. The maximum absolute atomic E-state index is 10.1. The monoisotopic (exact) mass is 549 g/mol. The lowest BCUT2D eigenvalue weighted by Gasteiger charge is -2.03. The van der Waals surface area contributed by atoms with Crippen molar-refractivity contribution >= 4 is 63.6 Å². The van der Waals surface area contributed by atoms with Crippen LogP contribution in [0.5, 0.6) is 5.75 Å². The zero-order valence-corrected chi connectivity index (χ0v) is 16.6. The highest BCUT2D eigenvalue weighted by Gasteiger charge is 2.10. The second-order valence-corrected chi connectivity index (χ2v) is 7.24. The first-order valence-corrected chi connectivity index (χ1v) is 8.94. The van der Waals surface area contributed by atoms with Crippen LogP contribution in [0, 0.1) is 11.9 Å². The largest absolute Gasteiger partial charge is 0.506 e. The van der Waals surface area contributed by atoms with Gasteiger partial charge in [0.1, 0.15) is 11.4 Å². The summed E-state index contributed by atoms with van der Waals surface area (Å²) in [5, 5.41) is 21.3. The minimum absolute atomic E-state index is 0.184. The zero-order chi connectivity index (χ0) is 16.4. The fourth-order valence-corrected chi connectivity index (χ4v) is 3.93. The van der Waals surface area contributed by atoms with Gasteiger partial charge in [0.25, 0.3) is 0 Å². The molecule has 6 nitrogen and oxygen atoms in total. The first kappa shape index (κ1) is 16.5. The molecule has 0 aliphatic heterocycles. The van der Waals surface area contributed by atoms with Gasteiger partial charge in [0.05, 0.1) is 9.78 Å². The summed E-state index contributed by atoms with van der Waals surface area (Å²) in [7, 11) is 0. The highest BCUT2D eigenvalue weighted by molar-refractivity contribution is 14.1. The maximum atomic E-state index is 10.1. The standard InChI is InChI=1S/C14H9I2N5OS/c15-9-5-8(12(22)10(16)6-9)7-18-21-13(19-20-14(21)23)11-3-1-2-4-17-11/h1-7,22H,(H,20,23)/b18-7-. The summed E-state index contributed by atoms with van der Waals surface area (Å²) in [4.78, 5) is 4.25. The SMILES string of the molecule is Oc1c(I)cc(I)cc1/C=N\n1c(-c2ccccn2)n[nH]c1=S. The van der Waals surface area contributed by atoms with Gasteiger partial charge in [-0.2, -0.15) is 14.9 Å². The summed E-state index contributed by atoms with van der Waals surface area (Å²) in [6.07, 6.45) is 3.23. The number of nitrogens with one attached hydrogen (secondary N) is 1. The lowest BCUT2D eigenvalue weighted by atomic mass is 10.2. The van der Waals surface area contributed by atoms with Gasteiger partial charge >= 0.3 is 0 Å². The quantitative estimate of drug-likeness (QED) is 0.296. The van der Waals surface area contributed by atoms with Crippen LogP contribution in [0.15, 0.2) is 41.6 Å². The first-order chi connectivity index (χ1) is 11.1. The van der Waals surface area contributed by atoms with Gasteiger partial charge in [0, 0.05) is 15.3 Å². The number of aromatic amines is 1. The molecular formula is C14H9I2N5OS. The molecule has 0 saturated heterocycles. The van der Waals surface area contributed by atoms with E-state index in [1.54, 1.807) is 12.4 Å². The van der Waals surface area contributed by atoms with E-state index in [2.05, 4.69) is 65.5 Å². The normalized spacial score (nSPS) is 11.2. The summed E-state index contributed by atoms with van der Waals surface area (Å²) in [6.45, 7) is 0. The number of hydrogen-bond acceptors (Lipinski definition) is 5. The van der Waals surface area contributed by atoms with E-state index in [9.17, 15) is 5.11 Å². The summed E-state index contributed by atoms with van der Waals surface area (Å²) in [5.74, 6) is 0.691. The third kappa shape index (κ3) is 3.61. The summed E-state index contributed by atoms with van der Waals surface area (Å²) < 4.78 is 3.59. The molecule has 1 aromatic carbocycles. The number of rotatable bonds is 3. The zero-order valence-electron chi connectivity index (χ0n) is 11.4. The second kappa shape index (κ2) is 7.05. The molecule has 9 heteroatoms. The van der Waals surface area contributed by atoms with Gasteiger partial charge in [-0.05, 0) is 81.7 Å². The van der Waals surface area contributed by atoms with E-state index >= 15 is 0 Å². The second-order valence-electron chi connectivity index (χ2n) is 4.45. The van der Waals surface area contributed by atoms with E-state index in [0.717, 1.165) is 7.14 Å². The van der Waals surface area contributed by atoms with Crippen molar-refractivity contribution in [3.05, 3.63) is 54.0 Å². The Hall–Kier alpha value is -1.34. The smallest absolute Gasteiger partial charge is 0.216 e. The van der Waals surface area contributed by atoms with Crippen molar-refractivity contribution < 1.29 is 5.11 Å². The van der Waals surface area contributed by atoms with Crippen LogP contribution in [0.2, 0.25) is 0 Å². The molecule has 0 unspecified atom stereocenters. The fraction of sp³-hybridized carbons (Fsp3) is 0. The highest BCUT2D eigenvalue weighted by Crippen LogP contribution is 2.26. The number of phenols is 1. The van der Waals surface area contributed by atoms with Crippen molar-refractivity contribution in [1.29, 1.82) is 0 Å². The Bertz CT molecular complexity index is 936. The number of pyridine rings is 1. The van der Waals surface area contributed by atoms with E-state index in [4.69, 9.17) is 12.2 Å². The highest BCUT2D eigenvalue weighted by atomic mass is 127. The van der Waals surface area contributed by atoms with Crippen molar-refractivity contribution in [2.45, 2.75) is 0 Å². The van der Waals surface area contributed by atoms with Crippen LogP contribution in [0.3, 0.4) is 0 Å². The molecule has 0 aliphatic carbocycles. The Balaban J connectivity index is 2.05. The molecule has 2 heterocycles. The Labute approximate surface area is 163 Å². The van der Waals surface area contributed by atoms with E-state index in [1.165, 1.54) is 4.68 Å². The van der Waals surface area contributed by atoms with Crippen molar-refractivity contribution in [3.8, 4) is 17.3 Å². The van der Waals surface area contributed by atoms with Gasteiger partial charge in [-0.3, -0.25) is 4.98 Å². The molecule has 23 heavy (non-hydrogen) atoms. The fourth-order valence-electron chi connectivity index (χ4n) is 1.86. The van der Waals surface area contributed by atoms with Crippen LogP contribution in [-0.2, 0) is 0 Å². The van der Waals surface area contributed by atoms with E-state index in [1.807, 2.05) is 30.3 Å². The Morgan fingerprint density at radius 1 is 1.30 bits per heavy atom. The summed E-state index contributed by atoms with van der Waals surface area (Å²) >= 11 is 9.48. The molecule has 0 spiro atoms. The molecule has 116 valence electrons. The number of aromatic hydroxyl groups is 1. The van der Waals surface area contributed by atoms with Gasteiger partial charge in [-0.15, -0.1) is 0 Å². The van der Waals surface area contributed by atoms with E-state index in [-0.39, 0.29) is 5.75 Å². The average Bonchev–Trinajstić information content (AvgIpc) is 2.91. The minimum Gasteiger partial charge on any atom is -0.506 e. The molecule has 2 N–H and O–H groups in total. The third-order valence-corrected chi connectivity index (χ3v) is 4.62. The lowest BCUT2D eigenvalue weighted by molar-refractivity contribution is 0.470. The Morgan fingerprint density at radius 2 is 2.13 bits per heavy atom. The van der Waals surface area contributed by atoms with Crippen molar-refractivity contribution in [3.63, 3.8) is 0 Å². The molecule has 0 aliphatic rings. The molecule has 0 radical (unpaired) electrons.